The topological polar surface area (TPSA) is 72.8 Å². The number of hydrogen-bond donors (Lipinski definition) is 1. The summed E-state index contributed by atoms with van der Waals surface area (Å²) >= 11 is 0. The highest BCUT2D eigenvalue weighted by atomic mass is 16.5. The molecule has 1 N–H and O–H groups in total. The molecule has 14 heavy (non-hydrogen) atoms. The molecule has 0 aromatic rings. The molecule has 0 radical (unpaired) electrons. The molecule has 5 heteroatoms. The normalized spacial score (nSPS) is 12.5. The Morgan fingerprint density at radius 1 is 1.36 bits per heavy atom. The smallest absolute Gasteiger partial charge is 0.331 e. The quantitative estimate of drug-likeness (QED) is 0.503. The molecule has 0 saturated carbocycles. The van der Waals surface area contributed by atoms with Crippen molar-refractivity contribution in [1.29, 1.82) is 0 Å². The zero-order chi connectivity index (χ0) is 11.0. The molecule has 80 valence electrons. The fraction of sp³-hybridized carbons (Fsp3) is 0.556. The van der Waals surface area contributed by atoms with Crippen molar-refractivity contribution in [2.45, 2.75) is 19.4 Å². The first-order valence-electron chi connectivity index (χ1n) is 4.21. The fourth-order valence-corrected chi connectivity index (χ4v) is 0.548. The Bertz CT molecular complexity index is 221. The number of rotatable bonds is 5. The number of carbonyl (C=O) groups excluding carboxylic acids is 2. The fourth-order valence-electron chi connectivity index (χ4n) is 0.548. The van der Waals surface area contributed by atoms with Crippen LogP contribution >= 0.6 is 0 Å². The molecule has 1 unspecified atom stereocenters. The highest BCUT2D eigenvalue weighted by Crippen LogP contribution is 1.92. The number of carbonyl (C=O) groups is 2. The van der Waals surface area contributed by atoms with E-state index in [2.05, 4.69) is 9.47 Å². The Morgan fingerprint density at radius 2 is 1.93 bits per heavy atom. The molecule has 0 amide bonds. The summed E-state index contributed by atoms with van der Waals surface area (Å²) in [4.78, 5) is 21.4. The van der Waals surface area contributed by atoms with Crippen LogP contribution in [0.4, 0.5) is 0 Å². The molecule has 0 bridgehead atoms. The number of aliphatic hydroxyl groups excluding tert-OH is 1. The predicted octanol–water partition coefficient (Wildman–Crippen LogP) is 0.0297. The van der Waals surface area contributed by atoms with E-state index in [0.29, 0.717) is 6.42 Å². The van der Waals surface area contributed by atoms with Crippen LogP contribution in [0.15, 0.2) is 12.2 Å². The Labute approximate surface area is 82.3 Å². The summed E-state index contributed by atoms with van der Waals surface area (Å²) in [5.41, 5.74) is 0. The van der Waals surface area contributed by atoms with Gasteiger partial charge in [-0.3, -0.25) is 0 Å². The maximum Gasteiger partial charge on any atom is 0.331 e. The highest BCUT2D eigenvalue weighted by molar-refractivity contribution is 5.91. The van der Waals surface area contributed by atoms with Gasteiger partial charge in [0, 0.05) is 12.2 Å². The van der Waals surface area contributed by atoms with E-state index in [1.165, 1.54) is 7.11 Å². The van der Waals surface area contributed by atoms with E-state index >= 15 is 0 Å². The molecule has 0 heterocycles. The summed E-state index contributed by atoms with van der Waals surface area (Å²) in [7, 11) is 1.21. The van der Waals surface area contributed by atoms with Gasteiger partial charge < -0.3 is 14.6 Å². The van der Waals surface area contributed by atoms with Crippen LogP contribution in [0.5, 0.6) is 0 Å². The lowest BCUT2D eigenvalue weighted by molar-refractivity contribution is -0.141. The Balaban J connectivity index is 3.76. The van der Waals surface area contributed by atoms with Gasteiger partial charge in [-0.05, 0) is 6.42 Å². The van der Waals surface area contributed by atoms with Crippen molar-refractivity contribution in [2.75, 3.05) is 13.7 Å². The van der Waals surface area contributed by atoms with Gasteiger partial charge in [0.25, 0.3) is 0 Å². The molecular weight excluding hydrogens is 188 g/mol. The van der Waals surface area contributed by atoms with Gasteiger partial charge in [-0.25, -0.2) is 9.59 Å². The largest absolute Gasteiger partial charge is 0.466 e. The van der Waals surface area contributed by atoms with Crippen molar-refractivity contribution in [2.24, 2.45) is 0 Å². The van der Waals surface area contributed by atoms with Crippen LogP contribution in [0, 0.1) is 0 Å². The molecule has 0 saturated heterocycles. The summed E-state index contributed by atoms with van der Waals surface area (Å²) in [6.45, 7) is 1.70. The van der Waals surface area contributed by atoms with Gasteiger partial charge in [-0.1, -0.05) is 6.92 Å². The van der Waals surface area contributed by atoms with Crippen LogP contribution in [0.25, 0.3) is 0 Å². The van der Waals surface area contributed by atoms with Crippen molar-refractivity contribution >= 4 is 11.9 Å². The third kappa shape index (κ3) is 6.19. The van der Waals surface area contributed by atoms with Crippen molar-refractivity contribution in [1.82, 2.24) is 0 Å². The molecule has 0 spiro atoms. The van der Waals surface area contributed by atoms with Gasteiger partial charge >= 0.3 is 11.9 Å². The molecule has 1 atom stereocenters. The molecule has 0 aliphatic rings. The summed E-state index contributed by atoms with van der Waals surface area (Å²) < 4.78 is 8.87. The average Bonchev–Trinajstić information content (AvgIpc) is 2.22. The van der Waals surface area contributed by atoms with Crippen LogP contribution in [0.1, 0.15) is 13.3 Å². The number of esters is 2. The Hall–Kier alpha value is -1.36. The van der Waals surface area contributed by atoms with Crippen LogP contribution < -0.4 is 0 Å². The second kappa shape index (κ2) is 7.08. The van der Waals surface area contributed by atoms with Crippen LogP contribution in [0.3, 0.4) is 0 Å². The van der Waals surface area contributed by atoms with Gasteiger partial charge in [-0.15, -0.1) is 0 Å². The molecular formula is C9H14O5. The standard InChI is InChI=1S/C9H14O5/c1-3-7(10)6-14-9(12)5-4-8(11)13-2/h4-5,7,10H,3,6H2,1-2H3. The minimum Gasteiger partial charge on any atom is -0.466 e. The first kappa shape index (κ1) is 12.6. The minimum absolute atomic E-state index is 0.0686. The van der Waals surface area contributed by atoms with E-state index in [4.69, 9.17) is 5.11 Å². The molecule has 0 fully saturated rings. The number of aliphatic hydroxyl groups is 1. The summed E-state index contributed by atoms with van der Waals surface area (Å²) in [5, 5.41) is 9.04. The molecule has 0 aliphatic carbocycles. The van der Waals surface area contributed by atoms with Gasteiger partial charge in [0.1, 0.15) is 6.61 Å². The monoisotopic (exact) mass is 202 g/mol. The van der Waals surface area contributed by atoms with E-state index in [9.17, 15) is 9.59 Å². The van der Waals surface area contributed by atoms with E-state index in [0.717, 1.165) is 12.2 Å². The Kier molecular flexibility index (Phi) is 6.39. The molecule has 0 aromatic heterocycles. The lowest BCUT2D eigenvalue weighted by Gasteiger charge is -2.06. The lowest BCUT2D eigenvalue weighted by atomic mass is 10.3. The summed E-state index contributed by atoms with van der Waals surface area (Å²) in [5.74, 6) is -1.30. The van der Waals surface area contributed by atoms with Crippen molar-refractivity contribution < 1.29 is 24.2 Å². The zero-order valence-electron chi connectivity index (χ0n) is 8.23. The number of ether oxygens (including phenoxy) is 2. The first-order chi connectivity index (χ1) is 6.60. The molecule has 0 rings (SSSR count). The van der Waals surface area contributed by atoms with E-state index in [1.807, 2.05) is 0 Å². The SMILES string of the molecule is CCC(O)COC(=O)C=CC(=O)OC. The first-order valence-corrected chi connectivity index (χ1v) is 4.21. The predicted molar refractivity (Wildman–Crippen MR) is 48.4 cm³/mol. The van der Waals surface area contributed by atoms with Crippen LogP contribution in [-0.2, 0) is 19.1 Å². The second-order valence-electron chi connectivity index (χ2n) is 2.55. The number of hydrogen-bond acceptors (Lipinski definition) is 5. The van der Waals surface area contributed by atoms with Crippen molar-refractivity contribution in [3.05, 3.63) is 12.2 Å². The summed E-state index contributed by atoms with van der Waals surface area (Å²) in [6.07, 6.45) is 1.76. The van der Waals surface area contributed by atoms with Crippen LogP contribution in [0.2, 0.25) is 0 Å². The van der Waals surface area contributed by atoms with E-state index < -0.39 is 18.0 Å². The third-order valence-corrected chi connectivity index (χ3v) is 1.45. The lowest BCUT2D eigenvalue weighted by Crippen LogP contribution is -2.16. The summed E-state index contributed by atoms with van der Waals surface area (Å²) in [6, 6.07) is 0. The maximum absolute atomic E-state index is 10.9. The van der Waals surface area contributed by atoms with Gasteiger partial charge in [0.05, 0.1) is 13.2 Å². The average molecular weight is 202 g/mol. The zero-order valence-corrected chi connectivity index (χ0v) is 8.23. The third-order valence-electron chi connectivity index (χ3n) is 1.45. The molecule has 0 aliphatic heterocycles. The van der Waals surface area contributed by atoms with E-state index in [1.54, 1.807) is 6.92 Å². The van der Waals surface area contributed by atoms with Crippen LogP contribution in [-0.4, -0.2) is 36.9 Å². The molecule has 0 aromatic carbocycles. The highest BCUT2D eigenvalue weighted by Gasteiger charge is 2.04. The molecule has 5 nitrogen and oxygen atoms in total. The van der Waals surface area contributed by atoms with Gasteiger partial charge in [0.15, 0.2) is 0 Å². The maximum atomic E-state index is 10.9. The van der Waals surface area contributed by atoms with E-state index in [-0.39, 0.29) is 6.61 Å². The van der Waals surface area contributed by atoms with Crippen molar-refractivity contribution in [3.8, 4) is 0 Å². The van der Waals surface area contributed by atoms with Gasteiger partial charge in [-0.2, -0.15) is 0 Å². The Morgan fingerprint density at radius 3 is 2.43 bits per heavy atom. The minimum atomic E-state index is -0.678. The van der Waals surface area contributed by atoms with Gasteiger partial charge in [0.2, 0.25) is 0 Å². The number of methoxy groups -OCH3 is 1. The van der Waals surface area contributed by atoms with Crippen molar-refractivity contribution in [3.63, 3.8) is 0 Å². The second-order valence-corrected chi connectivity index (χ2v) is 2.55.